The summed E-state index contributed by atoms with van der Waals surface area (Å²) < 4.78 is 0. The molecule has 1 rings (SSSR count). The predicted molar refractivity (Wildman–Crippen MR) is 56.2 cm³/mol. The zero-order valence-electron chi connectivity index (χ0n) is 6.82. The molecule has 2 unspecified atom stereocenters. The summed E-state index contributed by atoms with van der Waals surface area (Å²) >= 11 is 8.92. The lowest BCUT2D eigenvalue weighted by molar-refractivity contribution is 0.0343. The topological polar surface area (TPSA) is 40.5 Å². The van der Waals surface area contributed by atoms with Crippen LogP contribution in [0.3, 0.4) is 0 Å². The van der Waals surface area contributed by atoms with Crippen LogP contribution >= 0.6 is 27.5 Å². The van der Waals surface area contributed by atoms with Crippen LogP contribution in [0.2, 0.25) is 5.02 Å². The molecule has 0 aromatic heterocycles. The molecule has 0 saturated heterocycles. The molecule has 0 amide bonds. The zero-order valence-corrected chi connectivity index (χ0v) is 9.16. The van der Waals surface area contributed by atoms with E-state index in [-0.39, 0.29) is 0 Å². The normalized spacial score (nSPS) is 15.4. The molecule has 0 bridgehead atoms. The maximum absolute atomic E-state index is 9.61. The van der Waals surface area contributed by atoms with Crippen LogP contribution < -0.4 is 0 Å². The van der Waals surface area contributed by atoms with Crippen molar-refractivity contribution in [1.82, 2.24) is 0 Å². The SMILES string of the molecule is OC(CBr)C(O)c1ccccc1Cl. The molecular formula is C9H10BrClO2. The van der Waals surface area contributed by atoms with Crippen LogP contribution in [0.15, 0.2) is 24.3 Å². The lowest BCUT2D eigenvalue weighted by Crippen LogP contribution is -2.19. The highest BCUT2D eigenvalue weighted by Gasteiger charge is 2.18. The molecule has 0 saturated carbocycles. The van der Waals surface area contributed by atoms with Gasteiger partial charge < -0.3 is 10.2 Å². The van der Waals surface area contributed by atoms with Crippen LogP contribution in [0.4, 0.5) is 0 Å². The maximum atomic E-state index is 9.61. The van der Waals surface area contributed by atoms with Crippen molar-refractivity contribution in [2.24, 2.45) is 0 Å². The number of hydrogen-bond acceptors (Lipinski definition) is 2. The fourth-order valence-corrected chi connectivity index (χ4v) is 1.61. The molecule has 0 fully saturated rings. The minimum atomic E-state index is -0.937. The summed E-state index contributed by atoms with van der Waals surface area (Å²) in [4.78, 5) is 0. The van der Waals surface area contributed by atoms with Crippen molar-refractivity contribution in [3.8, 4) is 0 Å². The summed E-state index contributed by atoms with van der Waals surface area (Å²) in [6.07, 6.45) is -1.77. The number of halogens is 2. The van der Waals surface area contributed by atoms with Crippen LogP contribution in [0.25, 0.3) is 0 Å². The first-order chi connectivity index (χ1) is 6.16. The summed E-state index contributed by atoms with van der Waals surface area (Å²) in [6, 6.07) is 6.92. The lowest BCUT2D eigenvalue weighted by atomic mass is 10.1. The van der Waals surface area contributed by atoms with Gasteiger partial charge in [-0.15, -0.1) is 0 Å². The fourth-order valence-electron chi connectivity index (χ4n) is 1.01. The molecule has 2 atom stereocenters. The Morgan fingerprint density at radius 1 is 1.31 bits per heavy atom. The zero-order chi connectivity index (χ0) is 9.84. The Morgan fingerprint density at radius 3 is 2.46 bits per heavy atom. The molecule has 72 valence electrons. The largest absolute Gasteiger partial charge is 0.389 e. The van der Waals surface area contributed by atoms with Crippen LogP contribution in [-0.4, -0.2) is 21.6 Å². The molecule has 0 radical (unpaired) electrons. The minimum absolute atomic E-state index is 0.319. The number of hydrogen-bond donors (Lipinski definition) is 2. The summed E-state index contributed by atoms with van der Waals surface area (Å²) in [5.41, 5.74) is 0.552. The van der Waals surface area contributed by atoms with Crippen molar-refractivity contribution >= 4 is 27.5 Å². The van der Waals surface area contributed by atoms with E-state index in [0.717, 1.165) is 0 Å². The quantitative estimate of drug-likeness (QED) is 0.822. The average Bonchev–Trinajstić information content (AvgIpc) is 2.16. The van der Waals surface area contributed by atoms with Crippen molar-refractivity contribution in [3.05, 3.63) is 34.9 Å². The smallest absolute Gasteiger partial charge is 0.107 e. The van der Waals surface area contributed by atoms with Crippen LogP contribution in [0, 0.1) is 0 Å². The lowest BCUT2D eigenvalue weighted by Gasteiger charge is -2.16. The standard InChI is InChI=1S/C9H10BrClO2/c10-5-8(12)9(13)6-3-1-2-4-7(6)11/h1-4,8-9,12-13H,5H2. The van der Waals surface area contributed by atoms with E-state index in [4.69, 9.17) is 11.6 Å². The van der Waals surface area contributed by atoms with E-state index >= 15 is 0 Å². The second-order valence-electron chi connectivity index (χ2n) is 2.69. The Morgan fingerprint density at radius 2 is 1.92 bits per heavy atom. The van der Waals surface area contributed by atoms with Gasteiger partial charge >= 0.3 is 0 Å². The summed E-state index contributed by atoms with van der Waals surface area (Å²) in [5.74, 6) is 0. The van der Waals surface area contributed by atoms with E-state index in [1.807, 2.05) is 0 Å². The Labute approximate surface area is 90.3 Å². The Hall–Kier alpha value is -0.0900. The number of benzene rings is 1. The van der Waals surface area contributed by atoms with E-state index in [1.165, 1.54) is 0 Å². The monoisotopic (exact) mass is 264 g/mol. The van der Waals surface area contributed by atoms with E-state index in [9.17, 15) is 10.2 Å². The number of alkyl halides is 1. The van der Waals surface area contributed by atoms with Gasteiger partial charge in [0.15, 0.2) is 0 Å². The predicted octanol–water partition coefficient (Wildman–Crippen LogP) is 2.13. The van der Waals surface area contributed by atoms with E-state index in [0.29, 0.717) is 15.9 Å². The highest BCUT2D eigenvalue weighted by atomic mass is 79.9. The first-order valence-electron chi connectivity index (χ1n) is 3.83. The molecule has 0 aliphatic heterocycles. The van der Waals surface area contributed by atoms with E-state index < -0.39 is 12.2 Å². The van der Waals surface area contributed by atoms with Gasteiger partial charge in [0, 0.05) is 15.9 Å². The number of rotatable bonds is 3. The van der Waals surface area contributed by atoms with Gasteiger partial charge in [-0.2, -0.15) is 0 Å². The van der Waals surface area contributed by atoms with Gasteiger partial charge in [0.25, 0.3) is 0 Å². The van der Waals surface area contributed by atoms with Crippen LogP contribution in [0.5, 0.6) is 0 Å². The Bertz CT molecular complexity index is 280. The molecule has 2 N–H and O–H groups in total. The third-order valence-corrected chi connectivity index (χ3v) is 2.75. The minimum Gasteiger partial charge on any atom is -0.389 e. The maximum Gasteiger partial charge on any atom is 0.107 e. The first-order valence-corrected chi connectivity index (χ1v) is 5.33. The van der Waals surface area contributed by atoms with Gasteiger partial charge in [0.2, 0.25) is 0 Å². The van der Waals surface area contributed by atoms with Crippen molar-refractivity contribution < 1.29 is 10.2 Å². The van der Waals surface area contributed by atoms with Crippen LogP contribution in [-0.2, 0) is 0 Å². The highest BCUT2D eigenvalue weighted by Crippen LogP contribution is 2.25. The third-order valence-electron chi connectivity index (χ3n) is 1.75. The van der Waals surface area contributed by atoms with Crippen molar-refractivity contribution in [1.29, 1.82) is 0 Å². The molecule has 1 aromatic rings. The van der Waals surface area contributed by atoms with E-state index in [1.54, 1.807) is 24.3 Å². The molecule has 0 aliphatic carbocycles. The summed E-state index contributed by atoms with van der Waals surface area (Å²) in [6.45, 7) is 0. The van der Waals surface area contributed by atoms with E-state index in [2.05, 4.69) is 15.9 Å². The Balaban J connectivity index is 2.88. The highest BCUT2D eigenvalue weighted by molar-refractivity contribution is 9.09. The van der Waals surface area contributed by atoms with Gasteiger partial charge in [-0.05, 0) is 6.07 Å². The van der Waals surface area contributed by atoms with Gasteiger partial charge in [-0.1, -0.05) is 45.7 Å². The fraction of sp³-hybridized carbons (Fsp3) is 0.333. The van der Waals surface area contributed by atoms with Crippen molar-refractivity contribution in [2.75, 3.05) is 5.33 Å². The summed E-state index contributed by atoms with van der Waals surface area (Å²) in [5, 5.41) is 19.7. The van der Waals surface area contributed by atoms with Crippen LogP contribution in [0.1, 0.15) is 11.7 Å². The van der Waals surface area contributed by atoms with Crippen molar-refractivity contribution in [2.45, 2.75) is 12.2 Å². The molecule has 0 aliphatic rings. The number of aliphatic hydroxyl groups excluding tert-OH is 2. The second kappa shape index (κ2) is 4.96. The molecule has 0 heterocycles. The molecular weight excluding hydrogens is 255 g/mol. The van der Waals surface area contributed by atoms with Gasteiger partial charge in [-0.3, -0.25) is 0 Å². The molecule has 4 heteroatoms. The Kier molecular flexibility index (Phi) is 4.19. The molecule has 0 spiro atoms. The number of aliphatic hydroxyl groups is 2. The first kappa shape index (κ1) is 11.0. The molecule has 1 aromatic carbocycles. The van der Waals surface area contributed by atoms with Gasteiger partial charge in [0.1, 0.15) is 6.10 Å². The molecule has 13 heavy (non-hydrogen) atoms. The van der Waals surface area contributed by atoms with Gasteiger partial charge in [-0.25, -0.2) is 0 Å². The second-order valence-corrected chi connectivity index (χ2v) is 3.74. The molecule has 2 nitrogen and oxygen atoms in total. The third kappa shape index (κ3) is 2.68. The average molecular weight is 266 g/mol. The van der Waals surface area contributed by atoms with Crippen molar-refractivity contribution in [3.63, 3.8) is 0 Å². The summed E-state index contributed by atoms with van der Waals surface area (Å²) in [7, 11) is 0. The van der Waals surface area contributed by atoms with Gasteiger partial charge in [0.05, 0.1) is 6.10 Å².